The molecule has 4 rings (SSSR count). The summed E-state index contributed by atoms with van der Waals surface area (Å²) in [6.45, 7) is 5.79. The first-order valence-electron chi connectivity index (χ1n) is 9.65. The van der Waals surface area contributed by atoms with Crippen LogP contribution < -0.4 is 14.8 Å². The molecule has 162 valence electrons. The standard InChI is InChI=1S/C21H22N4O4S2/c1-13-9-10-15-16(12-21(2,3)29-17(15)11-13)25-31(27,28)20-24-23-19(30-20)22-18(26)14-7-5-4-6-8-14/h4-11,16,25H,12H2,1-3H3,(H,22,23,26)/t16-/m0/s1. The van der Waals surface area contributed by atoms with Gasteiger partial charge in [-0.3, -0.25) is 10.1 Å². The maximum absolute atomic E-state index is 13.0. The molecule has 2 N–H and O–H groups in total. The minimum absolute atomic E-state index is 0.109. The molecular formula is C21H22N4O4S2. The Morgan fingerprint density at radius 1 is 1.16 bits per heavy atom. The highest BCUT2D eigenvalue weighted by Gasteiger charge is 2.37. The van der Waals surface area contributed by atoms with Crippen LogP contribution in [0.5, 0.6) is 5.75 Å². The number of nitrogens with zero attached hydrogens (tertiary/aromatic N) is 2. The lowest BCUT2D eigenvalue weighted by Gasteiger charge is -2.37. The van der Waals surface area contributed by atoms with E-state index in [0.29, 0.717) is 17.7 Å². The Morgan fingerprint density at radius 2 is 1.90 bits per heavy atom. The fraction of sp³-hybridized carbons (Fsp3) is 0.286. The van der Waals surface area contributed by atoms with Crippen LogP contribution >= 0.6 is 11.3 Å². The third-order valence-electron chi connectivity index (χ3n) is 4.82. The lowest BCUT2D eigenvalue weighted by atomic mass is 9.90. The highest BCUT2D eigenvalue weighted by atomic mass is 32.2. The molecule has 1 aliphatic rings. The highest BCUT2D eigenvalue weighted by Crippen LogP contribution is 2.40. The number of benzene rings is 2. The van der Waals surface area contributed by atoms with Crippen molar-refractivity contribution in [1.29, 1.82) is 0 Å². The van der Waals surface area contributed by atoms with E-state index in [-0.39, 0.29) is 15.4 Å². The molecule has 0 spiro atoms. The Kier molecular flexibility index (Phi) is 5.54. The Morgan fingerprint density at radius 3 is 2.65 bits per heavy atom. The van der Waals surface area contributed by atoms with E-state index in [2.05, 4.69) is 20.2 Å². The summed E-state index contributed by atoms with van der Waals surface area (Å²) in [6.07, 6.45) is 0.457. The molecule has 0 aliphatic carbocycles. The Hall–Kier alpha value is -2.82. The molecule has 0 bridgehead atoms. The third kappa shape index (κ3) is 4.76. The zero-order valence-corrected chi connectivity index (χ0v) is 18.9. The van der Waals surface area contributed by atoms with Crippen molar-refractivity contribution in [3.8, 4) is 5.75 Å². The van der Waals surface area contributed by atoms with E-state index in [1.54, 1.807) is 30.3 Å². The largest absolute Gasteiger partial charge is 0.487 e. The van der Waals surface area contributed by atoms with Gasteiger partial charge in [-0.15, -0.1) is 10.2 Å². The molecule has 1 aromatic heterocycles. The Labute approximate surface area is 184 Å². The smallest absolute Gasteiger partial charge is 0.270 e. The second kappa shape index (κ2) is 8.03. The maximum Gasteiger partial charge on any atom is 0.270 e. The SMILES string of the molecule is Cc1ccc2c(c1)OC(C)(C)C[C@@H]2NS(=O)(=O)c1nnc(NC(=O)c2ccccc2)s1. The molecule has 31 heavy (non-hydrogen) atoms. The van der Waals surface area contributed by atoms with E-state index < -0.39 is 21.7 Å². The fourth-order valence-electron chi connectivity index (χ4n) is 3.43. The van der Waals surface area contributed by atoms with Crippen molar-refractivity contribution in [3.05, 3.63) is 65.2 Å². The van der Waals surface area contributed by atoms with Crippen LogP contribution in [0, 0.1) is 6.92 Å². The first-order chi connectivity index (χ1) is 14.6. The summed E-state index contributed by atoms with van der Waals surface area (Å²) in [5.74, 6) is 0.279. The number of fused-ring (bicyclic) bond motifs is 1. The molecule has 2 aromatic carbocycles. The molecule has 2 heterocycles. The van der Waals surface area contributed by atoms with Crippen LogP contribution in [-0.2, 0) is 10.0 Å². The number of amides is 1. The van der Waals surface area contributed by atoms with E-state index in [1.807, 2.05) is 39.0 Å². The van der Waals surface area contributed by atoms with Crippen LogP contribution in [0.2, 0.25) is 0 Å². The van der Waals surface area contributed by atoms with Gasteiger partial charge in [-0.25, -0.2) is 13.1 Å². The highest BCUT2D eigenvalue weighted by molar-refractivity contribution is 7.91. The van der Waals surface area contributed by atoms with Gasteiger partial charge in [0.05, 0.1) is 6.04 Å². The van der Waals surface area contributed by atoms with Crippen LogP contribution in [0.4, 0.5) is 5.13 Å². The number of aromatic nitrogens is 2. The summed E-state index contributed by atoms with van der Waals surface area (Å²) in [6, 6.07) is 13.8. The van der Waals surface area contributed by atoms with Gasteiger partial charge in [-0.2, -0.15) is 0 Å². The summed E-state index contributed by atoms with van der Waals surface area (Å²) < 4.78 is 34.5. The van der Waals surface area contributed by atoms with Gasteiger partial charge in [0.1, 0.15) is 11.4 Å². The first-order valence-corrected chi connectivity index (χ1v) is 11.9. The van der Waals surface area contributed by atoms with Crippen molar-refractivity contribution in [2.24, 2.45) is 0 Å². The van der Waals surface area contributed by atoms with E-state index >= 15 is 0 Å². The third-order valence-corrected chi connectivity index (χ3v) is 7.49. The van der Waals surface area contributed by atoms with Crippen LogP contribution in [0.3, 0.4) is 0 Å². The fourth-order valence-corrected chi connectivity index (χ4v) is 5.56. The van der Waals surface area contributed by atoms with E-state index in [9.17, 15) is 13.2 Å². The zero-order valence-electron chi connectivity index (χ0n) is 17.2. The summed E-state index contributed by atoms with van der Waals surface area (Å²) in [4.78, 5) is 12.3. The number of anilines is 1. The van der Waals surface area contributed by atoms with Gasteiger partial charge in [-0.1, -0.05) is 41.7 Å². The number of aryl methyl sites for hydroxylation is 1. The van der Waals surface area contributed by atoms with Crippen molar-refractivity contribution in [2.45, 2.75) is 43.2 Å². The molecule has 1 aliphatic heterocycles. The normalized spacial score (nSPS) is 17.5. The van der Waals surface area contributed by atoms with E-state index in [1.165, 1.54) is 0 Å². The number of carbonyl (C=O) groups is 1. The van der Waals surface area contributed by atoms with Crippen molar-refractivity contribution >= 4 is 32.4 Å². The van der Waals surface area contributed by atoms with Gasteiger partial charge in [0.15, 0.2) is 0 Å². The zero-order chi connectivity index (χ0) is 22.2. The van der Waals surface area contributed by atoms with Crippen molar-refractivity contribution < 1.29 is 17.9 Å². The number of ether oxygens (including phenoxy) is 1. The molecule has 1 atom stereocenters. The topological polar surface area (TPSA) is 110 Å². The average molecular weight is 459 g/mol. The summed E-state index contributed by atoms with van der Waals surface area (Å²) >= 11 is 0.799. The van der Waals surface area contributed by atoms with Gasteiger partial charge in [0.25, 0.3) is 15.9 Å². The predicted octanol–water partition coefficient (Wildman–Crippen LogP) is 3.68. The van der Waals surface area contributed by atoms with Gasteiger partial charge in [0, 0.05) is 17.5 Å². The molecule has 0 saturated heterocycles. The molecule has 0 fully saturated rings. The van der Waals surface area contributed by atoms with Crippen LogP contribution in [0.1, 0.15) is 47.8 Å². The van der Waals surface area contributed by atoms with Crippen molar-refractivity contribution in [2.75, 3.05) is 5.32 Å². The number of rotatable bonds is 5. The van der Waals surface area contributed by atoms with Crippen LogP contribution in [0.15, 0.2) is 52.9 Å². The quantitative estimate of drug-likeness (QED) is 0.565. The number of carbonyl (C=O) groups excluding carboxylic acids is 1. The molecule has 0 radical (unpaired) electrons. The van der Waals surface area contributed by atoms with Gasteiger partial charge < -0.3 is 4.74 Å². The van der Waals surface area contributed by atoms with Crippen LogP contribution in [-0.4, -0.2) is 30.1 Å². The monoisotopic (exact) mass is 458 g/mol. The second-order valence-corrected chi connectivity index (χ2v) is 10.8. The predicted molar refractivity (Wildman–Crippen MR) is 118 cm³/mol. The maximum atomic E-state index is 13.0. The number of hydrogen-bond donors (Lipinski definition) is 2. The van der Waals surface area contributed by atoms with E-state index in [0.717, 1.165) is 22.5 Å². The van der Waals surface area contributed by atoms with E-state index in [4.69, 9.17) is 4.74 Å². The van der Waals surface area contributed by atoms with Crippen molar-refractivity contribution in [3.63, 3.8) is 0 Å². The Bertz CT molecular complexity index is 1220. The van der Waals surface area contributed by atoms with Gasteiger partial charge in [-0.05, 0) is 44.5 Å². The lowest BCUT2D eigenvalue weighted by Crippen LogP contribution is -2.41. The first kappa shape index (κ1) is 21.4. The summed E-state index contributed by atoms with van der Waals surface area (Å²) in [7, 11) is -3.95. The molecule has 10 heteroatoms. The van der Waals surface area contributed by atoms with Crippen LogP contribution in [0.25, 0.3) is 0 Å². The molecular weight excluding hydrogens is 436 g/mol. The Balaban J connectivity index is 1.54. The number of nitrogens with one attached hydrogen (secondary N) is 2. The molecule has 8 nitrogen and oxygen atoms in total. The molecule has 0 unspecified atom stereocenters. The minimum Gasteiger partial charge on any atom is -0.487 e. The molecule has 3 aromatic rings. The number of sulfonamides is 1. The summed E-state index contributed by atoms with van der Waals surface area (Å²) in [5.41, 5.74) is 1.71. The molecule has 0 saturated carbocycles. The lowest BCUT2D eigenvalue weighted by molar-refractivity contribution is 0.0701. The van der Waals surface area contributed by atoms with Gasteiger partial charge in [0.2, 0.25) is 9.47 Å². The van der Waals surface area contributed by atoms with Gasteiger partial charge >= 0.3 is 0 Å². The average Bonchev–Trinajstić information content (AvgIpc) is 3.16. The number of hydrogen-bond acceptors (Lipinski definition) is 7. The second-order valence-electron chi connectivity index (χ2n) is 7.97. The summed E-state index contributed by atoms with van der Waals surface area (Å²) in [5, 5.41) is 10.3. The van der Waals surface area contributed by atoms with Crippen molar-refractivity contribution in [1.82, 2.24) is 14.9 Å². The molecule has 1 amide bonds. The minimum atomic E-state index is -3.95.